The first-order chi connectivity index (χ1) is 13.3. The maximum absolute atomic E-state index is 12.8. The fourth-order valence-electron chi connectivity index (χ4n) is 3.05. The summed E-state index contributed by atoms with van der Waals surface area (Å²) >= 11 is 6.15. The van der Waals surface area contributed by atoms with E-state index in [-0.39, 0.29) is 12.6 Å². The van der Waals surface area contributed by atoms with Crippen LogP contribution in [0.25, 0.3) is 0 Å². The third kappa shape index (κ3) is 3.85. The number of carbonyl (C=O) groups excluding carboxylic acids is 3. The van der Waals surface area contributed by atoms with Gasteiger partial charge in [-0.3, -0.25) is 15.0 Å². The number of carbonyl (C=O) groups is 3. The van der Waals surface area contributed by atoms with Gasteiger partial charge < -0.3 is 10.6 Å². The van der Waals surface area contributed by atoms with Crippen LogP contribution in [0.4, 0.5) is 4.79 Å². The van der Waals surface area contributed by atoms with Crippen molar-refractivity contribution in [2.24, 2.45) is 0 Å². The summed E-state index contributed by atoms with van der Waals surface area (Å²) in [6.45, 7) is 3.38. The molecule has 3 rings (SSSR count). The number of urea groups is 1. The minimum absolute atomic E-state index is 0.0918. The smallest absolute Gasteiger partial charge is 0.318 e. The van der Waals surface area contributed by atoms with Crippen molar-refractivity contribution in [3.63, 3.8) is 0 Å². The fourth-order valence-corrected chi connectivity index (χ4v) is 3.35. The van der Waals surface area contributed by atoms with E-state index in [1.165, 1.54) is 0 Å². The molecule has 2 atom stereocenters. The van der Waals surface area contributed by atoms with Crippen molar-refractivity contribution >= 4 is 29.4 Å². The second kappa shape index (κ2) is 8.00. The molecule has 4 amide bonds. The average molecular weight is 401 g/mol. The van der Waals surface area contributed by atoms with Crippen molar-refractivity contribution in [1.29, 1.82) is 0 Å². The van der Waals surface area contributed by atoms with Crippen LogP contribution in [0.3, 0.4) is 0 Å². The number of nitrogens with zero attached hydrogens (tertiary/aromatic N) is 1. The van der Waals surface area contributed by atoms with E-state index in [9.17, 15) is 14.4 Å². The quantitative estimate of drug-likeness (QED) is 0.650. The van der Waals surface area contributed by atoms with Gasteiger partial charge in [-0.25, -0.2) is 4.79 Å². The minimum Gasteiger partial charge on any atom is -0.318 e. The zero-order valence-electron chi connectivity index (χ0n) is 15.5. The highest BCUT2D eigenvalue weighted by atomic mass is 35.5. The molecule has 0 radical (unpaired) electrons. The van der Waals surface area contributed by atoms with Crippen LogP contribution in [0.1, 0.15) is 31.0 Å². The number of benzene rings is 2. The van der Waals surface area contributed by atoms with Crippen molar-refractivity contribution in [1.82, 2.24) is 21.1 Å². The largest absolute Gasteiger partial charge is 0.344 e. The van der Waals surface area contributed by atoms with Crippen LogP contribution in [0.5, 0.6) is 0 Å². The normalized spacial score (nSPS) is 20.0. The summed E-state index contributed by atoms with van der Waals surface area (Å²) in [5.41, 5.74) is 2.62. The molecule has 2 aromatic carbocycles. The number of halogens is 1. The molecule has 2 aromatic rings. The zero-order valence-corrected chi connectivity index (χ0v) is 16.3. The highest BCUT2D eigenvalue weighted by Gasteiger charge is 2.49. The highest BCUT2D eigenvalue weighted by Crippen LogP contribution is 2.27. The molecular formula is C20H21ClN4O3. The number of imide groups is 1. The lowest BCUT2D eigenvalue weighted by Crippen LogP contribution is -2.50. The van der Waals surface area contributed by atoms with Crippen molar-refractivity contribution in [3.8, 4) is 0 Å². The summed E-state index contributed by atoms with van der Waals surface area (Å²) in [6.07, 6.45) is 0. The summed E-state index contributed by atoms with van der Waals surface area (Å²) in [5.74, 6) is -1.06. The van der Waals surface area contributed by atoms with Crippen molar-refractivity contribution in [3.05, 3.63) is 70.7 Å². The van der Waals surface area contributed by atoms with Crippen LogP contribution in [-0.2, 0) is 15.1 Å². The number of hydrazine groups is 1. The third-order valence-corrected chi connectivity index (χ3v) is 5.06. The molecule has 1 saturated heterocycles. The molecule has 3 N–H and O–H groups in total. The van der Waals surface area contributed by atoms with Crippen LogP contribution >= 0.6 is 11.6 Å². The molecule has 8 heteroatoms. The molecule has 0 saturated carbocycles. The Hall–Kier alpha value is -2.90. The van der Waals surface area contributed by atoms with Crippen LogP contribution in [0, 0.1) is 0 Å². The molecule has 0 aromatic heterocycles. The molecule has 28 heavy (non-hydrogen) atoms. The Bertz CT molecular complexity index is 905. The third-order valence-electron chi connectivity index (χ3n) is 4.72. The molecule has 1 heterocycles. The van der Waals surface area contributed by atoms with Crippen LogP contribution < -0.4 is 16.1 Å². The van der Waals surface area contributed by atoms with Gasteiger partial charge in [-0.1, -0.05) is 60.1 Å². The number of hydrogen-bond donors (Lipinski definition) is 3. The van der Waals surface area contributed by atoms with E-state index in [2.05, 4.69) is 16.1 Å². The van der Waals surface area contributed by atoms with Gasteiger partial charge in [-0.2, -0.15) is 5.01 Å². The van der Waals surface area contributed by atoms with E-state index in [0.29, 0.717) is 10.6 Å². The topological polar surface area (TPSA) is 90.5 Å². The maximum Gasteiger partial charge on any atom is 0.344 e. The number of nitrogens with one attached hydrogen (secondary N) is 3. The second-order valence-corrected chi connectivity index (χ2v) is 7.13. The number of hydrogen-bond acceptors (Lipinski definition) is 4. The van der Waals surface area contributed by atoms with Crippen molar-refractivity contribution in [2.75, 3.05) is 6.54 Å². The van der Waals surface area contributed by atoms with Crippen LogP contribution in [0.2, 0.25) is 5.02 Å². The molecule has 146 valence electrons. The first-order valence-electron chi connectivity index (χ1n) is 8.82. The van der Waals surface area contributed by atoms with E-state index in [0.717, 1.165) is 10.6 Å². The van der Waals surface area contributed by atoms with Gasteiger partial charge >= 0.3 is 6.03 Å². The van der Waals surface area contributed by atoms with Gasteiger partial charge in [0.05, 0.1) is 6.54 Å². The zero-order chi connectivity index (χ0) is 20.3. The van der Waals surface area contributed by atoms with Gasteiger partial charge in [0, 0.05) is 11.1 Å². The lowest BCUT2D eigenvalue weighted by molar-refractivity contribution is -0.138. The van der Waals surface area contributed by atoms with Crippen LogP contribution in [0.15, 0.2) is 54.6 Å². The minimum atomic E-state index is -1.23. The van der Waals surface area contributed by atoms with Gasteiger partial charge in [0.1, 0.15) is 5.54 Å². The predicted molar refractivity (Wildman–Crippen MR) is 105 cm³/mol. The van der Waals surface area contributed by atoms with Gasteiger partial charge in [0.15, 0.2) is 0 Å². The molecule has 0 bridgehead atoms. The first-order valence-corrected chi connectivity index (χ1v) is 9.20. The Balaban J connectivity index is 1.62. The molecule has 0 unspecified atom stereocenters. The number of rotatable bonds is 6. The summed E-state index contributed by atoms with van der Waals surface area (Å²) in [5, 5.41) is 6.98. The number of amides is 4. The standard InChI is InChI=1S/C20H21ClN4O3/c1-13(15-10-6-7-11-16(15)21)22-12-17(26)24-25-18(27)20(2,23-19(25)28)14-8-4-3-5-9-14/h3-11,13,22H,12H2,1-2H3,(H,23,28)(H,24,26)/t13-,20-/m0/s1. The molecule has 1 aliphatic heterocycles. The second-order valence-electron chi connectivity index (χ2n) is 6.72. The SMILES string of the molecule is C[C@H](NCC(=O)NN1C(=O)N[C@@](C)(c2ccccc2)C1=O)c1ccccc1Cl. The van der Waals surface area contributed by atoms with E-state index in [4.69, 9.17) is 11.6 Å². The van der Waals surface area contributed by atoms with E-state index < -0.39 is 23.4 Å². The van der Waals surface area contributed by atoms with E-state index >= 15 is 0 Å². The summed E-state index contributed by atoms with van der Waals surface area (Å²) in [7, 11) is 0. The Morgan fingerprint density at radius 1 is 1.14 bits per heavy atom. The lowest BCUT2D eigenvalue weighted by atomic mass is 9.92. The monoisotopic (exact) mass is 400 g/mol. The molecule has 0 spiro atoms. The Kier molecular flexibility index (Phi) is 5.67. The predicted octanol–water partition coefficient (Wildman–Crippen LogP) is 2.49. The van der Waals surface area contributed by atoms with Crippen molar-refractivity contribution in [2.45, 2.75) is 25.4 Å². The lowest BCUT2D eigenvalue weighted by Gasteiger charge is -2.22. The Labute approximate surface area is 168 Å². The van der Waals surface area contributed by atoms with Gasteiger partial charge in [0.2, 0.25) is 0 Å². The van der Waals surface area contributed by atoms with E-state index in [1.807, 2.05) is 31.2 Å². The van der Waals surface area contributed by atoms with Crippen LogP contribution in [-0.4, -0.2) is 29.4 Å². The summed E-state index contributed by atoms with van der Waals surface area (Å²) < 4.78 is 0. The summed E-state index contributed by atoms with van der Waals surface area (Å²) in [4.78, 5) is 37.3. The average Bonchev–Trinajstić information content (AvgIpc) is 2.91. The fraction of sp³-hybridized carbons (Fsp3) is 0.250. The molecule has 1 aliphatic rings. The Morgan fingerprint density at radius 3 is 2.46 bits per heavy atom. The molecule has 0 aliphatic carbocycles. The van der Waals surface area contributed by atoms with E-state index in [1.54, 1.807) is 37.3 Å². The molecular weight excluding hydrogens is 380 g/mol. The first kappa shape index (κ1) is 19.9. The van der Waals surface area contributed by atoms with Gasteiger partial charge in [-0.05, 0) is 31.0 Å². The highest BCUT2D eigenvalue weighted by molar-refractivity contribution is 6.31. The molecule has 1 fully saturated rings. The van der Waals surface area contributed by atoms with Crippen molar-refractivity contribution < 1.29 is 14.4 Å². The molecule has 7 nitrogen and oxygen atoms in total. The van der Waals surface area contributed by atoms with Gasteiger partial charge in [-0.15, -0.1) is 0 Å². The maximum atomic E-state index is 12.8. The summed E-state index contributed by atoms with van der Waals surface area (Å²) in [6, 6.07) is 15.3. The van der Waals surface area contributed by atoms with Gasteiger partial charge in [0.25, 0.3) is 11.8 Å². The Morgan fingerprint density at radius 2 is 1.79 bits per heavy atom.